The highest BCUT2D eigenvalue weighted by atomic mass is 16.2. The van der Waals surface area contributed by atoms with Crippen molar-refractivity contribution in [1.82, 2.24) is 4.90 Å². The summed E-state index contributed by atoms with van der Waals surface area (Å²) < 4.78 is 0. The Bertz CT molecular complexity index is 632. The molecular formula is C17H20N2O. The van der Waals surface area contributed by atoms with E-state index in [0.717, 1.165) is 29.3 Å². The number of carbonyl (C=O) groups excluding carboxylic acids is 1. The van der Waals surface area contributed by atoms with Crippen LogP contribution in [0.1, 0.15) is 23.7 Å². The number of nitrogens with two attached hydrogens (primary N) is 1. The van der Waals surface area contributed by atoms with Gasteiger partial charge in [-0.3, -0.25) is 4.79 Å². The molecule has 1 aliphatic rings. The lowest BCUT2D eigenvalue weighted by Crippen LogP contribution is -2.34. The lowest BCUT2D eigenvalue weighted by atomic mass is 10.0. The second-order valence-corrected chi connectivity index (χ2v) is 5.67. The summed E-state index contributed by atoms with van der Waals surface area (Å²) in [6, 6.07) is 14.2. The third-order valence-corrected chi connectivity index (χ3v) is 4.28. The SMILES string of the molecule is CC1CC(CN)CN1C(=O)c1cccc2ccccc12. The summed E-state index contributed by atoms with van der Waals surface area (Å²) in [7, 11) is 0. The molecule has 0 bridgehead atoms. The van der Waals surface area contributed by atoms with Crippen molar-refractivity contribution < 1.29 is 4.79 Å². The molecule has 0 saturated carbocycles. The molecule has 0 radical (unpaired) electrons. The molecule has 0 aliphatic carbocycles. The summed E-state index contributed by atoms with van der Waals surface area (Å²) >= 11 is 0. The molecule has 20 heavy (non-hydrogen) atoms. The van der Waals surface area contributed by atoms with Crippen LogP contribution in [0.2, 0.25) is 0 Å². The third-order valence-electron chi connectivity index (χ3n) is 4.28. The Morgan fingerprint density at radius 2 is 2.00 bits per heavy atom. The maximum Gasteiger partial charge on any atom is 0.254 e. The summed E-state index contributed by atoms with van der Waals surface area (Å²) in [5.41, 5.74) is 6.55. The molecule has 3 heteroatoms. The highest BCUT2D eigenvalue weighted by Gasteiger charge is 2.32. The lowest BCUT2D eigenvalue weighted by Gasteiger charge is -2.22. The molecule has 1 aliphatic heterocycles. The molecule has 0 spiro atoms. The number of hydrogen-bond donors (Lipinski definition) is 1. The van der Waals surface area contributed by atoms with Gasteiger partial charge in [-0.05, 0) is 42.6 Å². The van der Waals surface area contributed by atoms with Crippen LogP contribution in [0, 0.1) is 5.92 Å². The van der Waals surface area contributed by atoms with Crippen LogP contribution in [0.15, 0.2) is 42.5 Å². The Morgan fingerprint density at radius 1 is 1.25 bits per heavy atom. The number of benzene rings is 2. The molecular weight excluding hydrogens is 248 g/mol. The van der Waals surface area contributed by atoms with Crippen LogP contribution in [-0.4, -0.2) is 29.9 Å². The maximum atomic E-state index is 12.8. The van der Waals surface area contributed by atoms with Gasteiger partial charge in [0.1, 0.15) is 0 Å². The molecule has 2 aromatic carbocycles. The van der Waals surface area contributed by atoms with E-state index in [0.29, 0.717) is 12.5 Å². The number of carbonyl (C=O) groups is 1. The number of hydrogen-bond acceptors (Lipinski definition) is 2. The highest BCUT2D eigenvalue weighted by Crippen LogP contribution is 2.27. The van der Waals surface area contributed by atoms with Gasteiger partial charge in [0.15, 0.2) is 0 Å². The van der Waals surface area contributed by atoms with Crippen molar-refractivity contribution in [2.24, 2.45) is 11.7 Å². The van der Waals surface area contributed by atoms with Gasteiger partial charge in [0.25, 0.3) is 5.91 Å². The number of fused-ring (bicyclic) bond motifs is 1. The zero-order valence-electron chi connectivity index (χ0n) is 11.8. The van der Waals surface area contributed by atoms with E-state index >= 15 is 0 Å². The smallest absolute Gasteiger partial charge is 0.254 e. The van der Waals surface area contributed by atoms with E-state index in [1.54, 1.807) is 0 Å². The Labute approximate surface area is 119 Å². The quantitative estimate of drug-likeness (QED) is 0.910. The van der Waals surface area contributed by atoms with Gasteiger partial charge < -0.3 is 10.6 Å². The Kier molecular flexibility index (Phi) is 3.45. The van der Waals surface area contributed by atoms with E-state index in [1.807, 2.05) is 47.4 Å². The zero-order valence-corrected chi connectivity index (χ0v) is 11.8. The molecule has 1 heterocycles. The monoisotopic (exact) mass is 268 g/mol. The van der Waals surface area contributed by atoms with E-state index in [2.05, 4.69) is 6.92 Å². The Morgan fingerprint density at radius 3 is 2.75 bits per heavy atom. The van der Waals surface area contributed by atoms with Crippen LogP contribution in [0.5, 0.6) is 0 Å². The number of amides is 1. The normalized spacial score (nSPS) is 22.4. The van der Waals surface area contributed by atoms with Crippen molar-refractivity contribution in [3.8, 4) is 0 Å². The Hall–Kier alpha value is -1.87. The van der Waals surface area contributed by atoms with Gasteiger partial charge in [0.05, 0.1) is 0 Å². The minimum absolute atomic E-state index is 0.130. The second-order valence-electron chi connectivity index (χ2n) is 5.67. The van der Waals surface area contributed by atoms with Crippen molar-refractivity contribution >= 4 is 16.7 Å². The largest absolute Gasteiger partial charge is 0.336 e. The molecule has 104 valence electrons. The standard InChI is InChI=1S/C17H20N2O/c1-12-9-13(10-18)11-19(12)17(20)16-8-4-6-14-5-2-3-7-15(14)16/h2-8,12-13H,9-11,18H2,1H3. The fourth-order valence-electron chi connectivity index (χ4n) is 3.16. The molecule has 2 aromatic rings. The summed E-state index contributed by atoms with van der Waals surface area (Å²) in [6.45, 7) is 3.54. The number of likely N-dealkylation sites (tertiary alicyclic amines) is 1. The van der Waals surface area contributed by atoms with Gasteiger partial charge in [-0.15, -0.1) is 0 Å². The van der Waals surface area contributed by atoms with Gasteiger partial charge in [0.2, 0.25) is 0 Å². The van der Waals surface area contributed by atoms with E-state index in [9.17, 15) is 4.79 Å². The van der Waals surface area contributed by atoms with Crippen LogP contribution in [0.4, 0.5) is 0 Å². The first kappa shape index (κ1) is 13.1. The fourth-order valence-corrected chi connectivity index (χ4v) is 3.16. The van der Waals surface area contributed by atoms with Crippen molar-refractivity contribution in [3.05, 3.63) is 48.0 Å². The molecule has 2 N–H and O–H groups in total. The number of rotatable bonds is 2. The molecule has 1 fully saturated rings. The van der Waals surface area contributed by atoms with E-state index in [-0.39, 0.29) is 11.9 Å². The van der Waals surface area contributed by atoms with Crippen LogP contribution in [0.25, 0.3) is 10.8 Å². The molecule has 3 nitrogen and oxygen atoms in total. The molecule has 3 rings (SSSR count). The van der Waals surface area contributed by atoms with Crippen molar-refractivity contribution in [1.29, 1.82) is 0 Å². The van der Waals surface area contributed by atoms with E-state index < -0.39 is 0 Å². The first-order valence-corrected chi connectivity index (χ1v) is 7.19. The summed E-state index contributed by atoms with van der Waals surface area (Å²) in [5.74, 6) is 0.564. The van der Waals surface area contributed by atoms with Crippen molar-refractivity contribution in [2.75, 3.05) is 13.1 Å². The molecule has 1 saturated heterocycles. The first-order valence-electron chi connectivity index (χ1n) is 7.19. The predicted molar refractivity (Wildman–Crippen MR) is 81.6 cm³/mol. The van der Waals surface area contributed by atoms with Gasteiger partial charge >= 0.3 is 0 Å². The van der Waals surface area contributed by atoms with Crippen molar-refractivity contribution in [3.63, 3.8) is 0 Å². The van der Waals surface area contributed by atoms with E-state index in [1.165, 1.54) is 0 Å². The number of nitrogens with zero attached hydrogens (tertiary/aromatic N) is 1. The first-order chi connectivity index (χ1) is 9.70. The van der Waals surface area contributed by atoms with Gasteiger partial charge in [0, 0.05) is 18.2 Å². The summed E-state index contributed by atoms with van der Waals surface area (Å²) in [4.78, 5) is 14.8. The van der Waals surface area contributed by atoms with Gasteiger partial charge in [-0.25, -0.2) is 0 Å². The van der Waals surface area contributed by atoms with Crippen LogP contribution in [-0.2, 0) is 0 Å². The average Bonchev–Trinajstić information content (AvgIpc) is 2.87. The topological polar surface area (TPSA) is 46.3 Å². The molecule has 1 amide bonds. The third kappa shape index (κ3) is 2.18. The fraction of sp³-hybridized carbons (Fsp3) is 0.353. The van der Waals surface area contributed by atoms with Gasteiger partial charge in [-0.1, -0.05) is 36.4 Å². The van der Waals surface area contributed by atoms with Crippen LogP contribution < -0.4 is 5.73 Å². The second kappa shape index (κ2) is 5.25. The van der Waals surface area contributed by atoms with Gasteiger partial charge in [-0.2, -0.15) is 0 Å². The zero-order chi connectivity index (χ0) is 14.1. The van der Waals surface area contributed by atoms with Crippen LogP contribution >= 0.6 is 0 Å². The molecule has 2 atom stereocenters. The highest BCUT2D eigenvalue weighted by molar-refractivity contribution is 6.07. The molecule has 0 aromatic heterocycles. The summed E-state index contributed by atoms with van der Waals surface area (Å²) in [6.07, 6.45) is 1.01. The Balaban J connectivity index is 1.97. The summed E-state index contributed by atoms with van der Waals surface area (Å²) in [5, 5.41) is 2.14. The molecule has 2 unspecified atom stereocenters. The van der Waals surface area contributed by atoms with Crippen molar-refractivity contribution in [2.45, 2.75) is 19.4 Å². The lowest BCUT2D eigenvalue weighted by molar-refractivity contribution is 0.0745. The average molecular weight is 268 g/mol. The maximum absolute atomic E-state index is 12.8. The minimum Gasteiger partial charge on any atom is -0.336 e. The minimum atomic E-state index is 0.130. The predicted octanol–water partition coefficient (Wildman–Crippen LogP) is 2.65. The van der Waals surface area contributed by atoms with E-state index in [4.69, 9.17) is 5.73 Å². The van der Waals surface area contributed by atoms with Crippen LogP contribution in [0.3, 0.4) is 0 Å².